The van der Waals surface area contributed by atoms with Crippen molar-refractivity contribution in [2.24, 2.45) is 5.41 Å². The van der Waals surface area contributed by atoms with Gasteiger partial charge in [-0.3, -0.25) is 14.9 Å². The normalized spacial score (nSPS) is 15.7. The Kier molecular flexibility index (Phi) is 4.91. The number of thiazole rings is 1. The van der Waals surface area contributed by atoms with Gasteiger partial charge in [-0.1, -0.05) is 25.2 Å². The number of Topliss-reactive ketones (excluding diaryl/α,β-unsaturated/α-hetero) is 1. The fraction of sp³-hybridized carbons (Fsp3) is 0.353. The molecule has 126 valence electrons. The molecule has 0 radical (unpaired) electrons. The van der Waals surface area contributed by atoms with E-state index in [2.05, 4.69) is 46.7 Å². The number of halogens is 1. The Hall–Kier alpha value is -1.48. The molecule has 1 aromatic carbocycles. The smallest absolute Gasteiger partial charge is 0.264 e. The van der Waals surface area contributed by atoms with Crippen LogP contribution in [0.5, 0.6) is 5.75 Å². The molecule has 7 heteroatoms. The van der Waals surface area contributed by atoms with Gasteiger partial charge in [0.2, 0.25) is 0 Å². The van der Waals surface area contributed by atoms with Gasteiger partial charge in [0.15, 0.2) is 17.5 Å². The zero-order valence-electron chi connectivity index (χ0n) is 13.4. The largest absolute Gasteiger partial charge is 0.484 e. The van der Waals surface area contributed by atoms with Gasteiger partial charge in [-0.25, -0.2) is 4.98 Å². The lowest BCUT2D eigenvalue weighted by atomic mass is 9.78. The second kappa shape index (κ2) is 6.79. The van der Waals surface area contributed by atoms with Gasteiger partial charge in [-0.05, 0) is 58.7 Å². The fourth-order valence-electron chi connectivity index (χ4n) is 2.61. The monoisotopic (exact) mass is 456 g/mol. The highest BCUT2D eigenvalue weighted by molar-refractivity contribution is 14.1. The number of ether oxygens (including phenoxy) is 1. The number of nitrogens with zero attached hydrogens (tertiary/aromatic N) is 1. The quantitative estimate of drug-likeness (QED) is 0.709. The third kappa shape index (κ3) is 4.13. The van der Waals surface area contributed by atoms with E-state index in [0.29, 0.717) is 22.2 Å². The summed E-state index contributed by atoms with van der Waals surface area (Å²) < 4.78 is 6.55. The number of hydrogen-bond donors (Lipinski definition) is 1. The van der Waals surface area contributed by atoms with E-state index in [1.165, 1.54) is 11.3 Å². The maximum atomic E-state index is 12.2. The number of amides is 1. The second-order valence-corrected chi connectivity index (χ2v) is 8.77. The number of fused-ring (bicyclic) bond motifs is 1. The highest BCUT2D eigenvalue weighted by Gasteiger charge is 2.34. The van der Waals surface area contributed by atoms with Crippen LogP contribution in [-0.4, -0.2) is 23.3 Å². The number of rotatable bonds is 4. The molecule has 1 aromatic heterocycles. The van der Waals surface area contributed by atoms with Crippen molar-refractivity contribution < 1.29 is 14.3 Å². The van der Waals surface area contributed by atoms with Crippen molar-refractivity contribution in [3.8, 4) is 5.75 Å². The standard InChI is InChI=1S/C17H17IN2O3S/c1-17(2)7-12-15(13(21)8-17)24-16(19-12)20-14(22)9-23-11-5-3-10(18)4-6-11/h3-6H,7-9H2,1-2H3,(H,19,20,22). The minimum Gasteiger partial charge on any atom is -0.484 e. The van der Waals surface area contributed by atoms with Crippen molar-refractivity contribution >= 4 is 50.7 Å². The van der Waals surface area contributed by atoms with Crippen LogP contribution in [0.15, 0.2) is 24.3 Å². The summed E-state index contributed by atoms with van der Waals surface area (Å²) in [7, 11) is 0. The lowest BCUT2D eigenvalue weighted by molar-refractivity contribution is -0.118. The molecule has 0 fully saturated rings. The molecule has 0 aliphatic heterocycles. The Bertz CT molecular complexity index is 784. The van der Waals surface area contributed by atoms with Gasteiger partial charge in [-0.15, -0.1) is 0 Å². The molecule has 0 atom stereocenters. The third-order valence-electron chi connectivity index (χ3n) is 3.67. The molecule has 3 rings (SSSR count). The highest BCUT2D eigenvalue weighted by atomic mass is 127. The SMILES string of the molecule is CC1(C)CC(=O)c2sc(NC(=O)COc3ccc(I)cc3)nc2C1. The molecule has 2 aromatic rings. The number of ketones is 1. The van der Waals surface area contributed by atoms with E-state index < -0.39 is 0 Å². The van der Waals surface area contributed by atoms with Crippen molar-refractivity contribution in [3.63, 3.8) is 0 Å². The van der Waals surface area contributed by atoms with Crippen molar-refractivity contribution in [2.75, 3.05) is 11.9 Å². The van der Waals surface area contributed by atoms with E-state index in [4.69, 9.17) is 4.74 Å². The molecule has 5 nitrogen and oxygen atoms in total. The van der Waals surface area contributed by atoms with Gasteiger partial charge in [0.05, 0.1) is 10.6 Å². The predicted octanol–water partition coefficient (Wildman–Crippen LogP) is 3.92. The molecular weight excluding hydrogens is 439 g/mol. The summed E-state index contributed by atoms with van der Waals surface area (Å²) in [5.41, 5.74) is 0.711. The van der Waals surface area contributed by atoms with Crippen molar-refractivity contribution in [1.29, 1.82) is 0 Å². The maximum absolute atomic E-state index is 12.2. The van der Waals surface area contributed by atoms with Crippen LogP contribution in [0.2, 0.25) is 0 Å². The van der Waals surface area contributed by atoms with E-state index in [1.54, 1.807) is 0 Å². The minimum atomic E-state index is -0.286. The second-order valence-electron chi connectivity index (χ2n) is 6.53. The van der Waals surface area contributed by atoms with Crippen LogP contribution in [0, 0.1) is 8.99 Å². The number of carbonyl (C=O) groups excluding carboxylic acids is 2. The molecule has 0 unspecified atom stereocenters. The first-order valence-electron chi connectivity index (χ1n) is 7.53. The van der Waals surface area contributed by atoms with Crippen LogP contribution in [0.3, 0.4) is 0 Å². The van der Waals surface area contributed by atoms with Crippen LogP contribution in [0.1, 0.15) is 35.6 Å². The molecule has 24 heavy (non-hydrogen) atoms. The van der Waals surface area contributed by atoms with Crippen molar-refractivity contribution in [2.45, 2.75) is 26.7 Å². The van der Waals surface area contributed by atoms with Gasteiger partial charge in [0, 0.05) is 9.99 Å². The summed E-state index contributed by atoms with van der Waals surface area (Å²) in [6.45, 7) is 4.02. The van der Waals surface area contributed by atoms with E-state index in [1.807, 2.05) is 24.3 Å². The third-order valence-corrected chi connectivity index (χ3v) is 5.44. The zero-order valence-corrected chi connectivity index (χ0v) is 16.4. The first-order chi connectivity index (χ1) is 11.3. The maximum Gasteiger partial charge on any atom is 0.264 e. The number of anilines is 1. The van der Waals surface area contributed by atoms with E-state index in [9.17, 15) is 9.59 Å². The number of hydrogen-bond acceptors (Lipinski definition) is 5. The number of nitrogens with one attached hydrogen (secondary N) is 1. The van der Waals surface area contributed by atoms with E-state index in [0.717, 1.165) is 15.7 Å². The van der Waals surface area contributed by atoms with Gasteiger partial charge in [0.1, 0.15) is 5.75 Å². The first kappa shape index (κ1) is 17.3. The Labute approximate surface area is 158 Å². The van der Waals surface area contributed by atoms with Crippen LogP contribution in [-0.2, 0) is 11.2 Å². The topological polar surface area (TPSA) is 68.3 Å². The average molecular weight is 456 g/mol. The van der Waals surface area contributed by atoms with Crippen LogP contribution < -0.4 is 10.1 Å². The lowest BCUT2D eigenvalue weighted by Gasteiger charge is -2.26. The summed E-state index contributed by atoms with van der Waals surface area (Å²) in [5.74, 6) is 0.460. The summed E-state index contributed by atoms with van der Waals surface area (Å²) in [6, 6.07) is 7.46. The summed E-state index contributed by atoms with van der Waals surface area (Å²) >= 11 is 3.45. The first-order valence-corrected chi connectivity index (χ1v) is 9.43. The number of benzene rings is 1. The van der Waals surface area contributed by atoms with Gasteiger partial charge < -0.3 is 4.74 Å². The summed E-state index contributed by atoms with van der Waals surface area (Å²) in [5, 5.41) is 3.18. The minimum absolute atomic E-state index is 0.0760. The van der Waals surface area contributed by atoms with Gasteiger partial charge >= 0.3 is 0 Å². The molecule has 1 aliphatic carbocycles. The summed E-state index contributed by atoms with van der Waals surface area (Å²) in [6.07, 6.45) is 1.27. The molecule has 0 spiro atoms. The lowest BCUT2D eigenvalue weighted by Crippen LogP contribution is -2.26. The predicted molar refractivity (Wildman–Crippen MR) is 102 cm³/mol. The van der Waals surface area contributed by atoms with Crippen LogP contribution in [0.25, 0.3) is 0 Å². The Morgan fingerprint density at radius 3 is 2.75 bits per heavy atom. The Morgan fingerprint density at radius 2 is 2.04 bits per heavy atom. The van der Waals surface area contributed by atoms with E-state index in [-0.39, 0.29) is 23.7 Å². The van der Waals surface area contributed by atoms with Crippen LogP contribution >= 0.6 is 33.9 Å². The van der Waals surface area contributed by atoms with Gasteiger partial charge in [0.25, 0.3) is 5.91 Å². The zero-order chi connectivity index (χ0) is 17.3. The van der Waals surface area contributed by atoms with Crippen LogP contribution in [0.4, 0.5) is 5.13 Å². The number of carbonyl (C=O) groups is 2. The van der Waals surface area contributed by atoms with E-state index >= 15 is 0 Å². The fourth-order valence-corrected chi connectivity index (χ4v) is 3.90. The molecule has 1 N–H and O–H groups in total. The molecule has 1 aliphatic rings. The number of aromatic nitrogens is 1. The Morgan fingerprint density at radius 1 is 1.33 bits per heavy atom. The highest BCUT2D eigenvalue weighted by Crippen LogP contribution is 2.38. The summed E-state index contributed by atoms with van der Waals surface area (Å²) in [4.78, 5) is 29.3. The molecule has 0 bridgehead atoms. The molecule has 1 amide bonds. The molecular formula is C17H17IN2O3S. The van der Waals surface area contributed by atoms with Gasteiger partial charge in [-0.2, -0.15) is 0 Å². The molecule has 0 saturated heterocycles. The van der Waals surface area contributed by atoms with Crippen molar-refractivity contribution in [1.82, 2.24) is 4.98 Å². The molecule has 0 saturated carbocycles. The van der Waals surface area contributed by atoms with Crippen molar-refractivity contribution in [3.05, 3.63) is 38.4 Å². The average Bonchev–Trinajstić information content (AvgIpc) is 2.88. The molecule has 1 heterocycles. The Balaban J connectivity index is 1.61.